The van der Waals surface area contributed by atoms with Crippen molar-refractivity contribution in [2.45, 2.75) is 11.3 Å². The smallest absolute Gasteiger partial charge is 0.238 e. The van der Waals surface area contributed by atoms with Gasteiger partial charge in [0, 0.05) is 12.6 Å². The van der Waals surface area contributed by atoms with Crippen molar-refractivity contribution < 1.29 is 8.42 Å². The first kappa shape index (κ1) is 16.0. The van der Waals surface area contributed by atoms with E-state index in [0.717, 1.165) is 5.56 Å². The number of sulfonamides is 1. The van der Waals surface area contributed by atoms with Crippen molar-refractivity contribution in [1.82, 2.24) is 10.2 Å². The first-order valence-electron chi connectivity index (χ1n) is 5.90. The molecule has 0 fully saturated rings. The van der Waals surface area contributed by atoms with Crippen molar-refractivity contribution in [2.24, 2.45) is 5.14 Å². The van der Waals surface area contributed by atoms with E-state index in [4.69, 9.17) is 28.3 Å². The molecular formula is C12H12Cl2N4O2S. The summed E-state index contributed by atoms with van der Waals surface area (Å²) in [5, 5.41) is 15.9. The molecule has 0 bridgehead atoms. The molecule has 0 aliphatic carbocycles. The Balaban J connectivity index is 1.96. The molecule has 0 unspecified atom stereocenters. The van der Waals surface area contributed by atoms with Gasteiger partial charge in [-0.15, -0.1) is 10.2 Å². The van der Waals surface area contributed by atoms with Crippen LogP contribution >= 0.6 is 23.2 Å². The number of rotatable bonds is 5. The summed E-state index contributed by atoms with van der Waals surface area (Å²) in [6.07, 6.45) is 0.668. The van der Waals surface area contributed by atoms with Crippen molar-refractivity contribution in [3.63, 3.8) is 0 Å². The monoisotopic (exact) mass is 346 g/mol. The molecule has 0 atom stereocenters. The number of hydrogen-bond acceptors (Lipinski definition) is 5. The molecule has 0 aliphatic rings. The third-order valence-electron chi connectivity index (χ3n) is 2.70. The molecule has 1 aromatic heterocycles. The average molecular weight is 347 g/mol. The van der Waals surface area contributed by atoms with Gasteiger partial charge in [0.15, 0.2) is 10.3 Å². The molecule has 0 spiro atoms. The molecular weight excluding hydrogens is 335 g/mol. The van der Waals surface area contributed by atoms with Gasteiger partial charge < -0.3 is 5.32 Å². The summed E-state index contributed by atoms with van der Waals surface area (Å²) in [5.41, 5.74) is 1.55. The molecule has 1 aromatic carbocycles. The Labute approximate surface area is 132 Å². The number of nitrogens with zero attached hydrogens (tertiary/aromatic N) is 2. The number of hydrogen-bond donors (Lipinski definition) is 2. The highest BCUT2D eigenvalue weighted by atomic mass is 35.5. The van der Waals surface area contributed by atoms with Gasteiger partial charge in [-0.2, -0.15) is 0 Å². The predicted molar refractivity (Wildman–Crippen MR) is 82.1 cm³/mol. The van der Waals surface area contributed by atoms with Crippen LogP contribution in [0.2, 0.25) is 10.3 Å². The van der Waals surface area contributed by atoms with E-state index in [1.807, 2.05) is 0 Å². The maximum Gasteiger partial charge on any atom is 0.238 e. The van der Waals surface area contributed by atoms with E-state index >= 15 is 0 Å². The number of aromatic nitrogens is 2. The van der Waals surface area contributed by atoms with Gasteiger partial charge >= 0.3 is 0 Å². The largest absolute Gasteiger partial charge is 0.382 e. The average Bonchev–Trinajstić information content (AvgIpc) is 2.42. The van der Waals surface area contributed by atoms with Crippen LogP contribution in [0.4, 0.5) is 5.69 Å². The zero-order valence-corrected chi connectivity index (χ0v) is 13.1. The van der Waals surface area contributed by atoms with Crippen LogP contribution in [0.25, 0.3) is 0 Å². The van der Waals surface area contributed by atoms with Crippen LogP contribution in [0.1, 0.15) is 5.56 Å². The van der Waals surface area contributed by atoms with Crippen molar-refractivity contribution in [3.8, 4) is 0 Å². The lowest BCUT2D eigenvalue weighted by molar-refractivity contribution is 0.598. The molecule has 112 valence electrons. The second kappa shape index (κ2) is 6.57. The Bertz CT molecular complexity index is 735. The summed E-state index contributed by atoms with van der Waals surface area (Å²) in [5.74, 6) is 0. The van der Waals surface area contributed by atoms with Gasteiger partial charge in [0.05, 0.1) is 10.6 Å². The first-order valence-corrected chi connectivity index (χ1v) is 8.21. The first-order chi connectivity index (χ1) is 9.86. The van der Waals surface area contributed by atoms with Crippen LogP contribution < -0.4 is 10.5 Å². The minimum absolute atomic E-state index is 0.0902. The summed E-state index contributed by atoms with van der Waals surface area (Å²) < 4.78 is 22.3. The molecule has 0 saturated heterocycles. The fourth-order valence-corrected chi connectivity index (χ4v) is 2.49. The minimum atomic E-state index is -3.66. The molecule has 0 aliphatic heterocycles. The Morgan fingerprint density at radius 1 is 1.14 bits per heavy atom. The predicted octanol–water partition coefficient (Wildman–Crippen LogP) is 2.09. The van der Waals surface area contributed by atoms with E-state index in [-0.39, 0.29) is 15.2 Å². The van der Waals surface area contributed by atoms with Crippen molar-refractivity contribution in [3.05, 3.63) is 46.2 Å². The molecule has 6 nitrogen and oxygen atoms in total. The zero-order valence-electron chi connectivity index (χ0n) is 10.8. The highest BCUT2D eigenvalue weighted by Gasteiger charge is 2.07. The van der Waals surface area contributed by atoms with Crippen LogP contribution in [0, 0.1) is 0 Å². The second-order valence-corrected chi connectivity index (χ2v) is 6.54. The lowest BCUT2D eigenvalue weighted by Crippen LogP contribution is -2.12. The third kappa shape index (κ3) is 4.53. The second-order valence-electron chi connectivity index (χ2n) is 4.24. The van der Waals surface area contributed by atoms with E-state index in [9.17, 15) is 8.42 Å². The maximum atomic E-state index is 11.1. The molecule has 1 heterocycles. The lowest BCUT2D eigenvalue weighted by atomic mass is 10.1. The number of anilines is 1. The fraction of sp³-hybridized carbons (Fsp3) is 0.167. The summed E-state index contributed by atoms with van der Waals surface area (Å²) in [7, 11) is -3.66. The number of halogens is 2. The SMILES string of the molecule is NS(=O)(=O)c1ccc(CCNc2cc(Cl)nnc2Cl)cc1. The van der Waals surface area contributed by atoms with Crippen LogP contribution in [0.5, 0.6) is 0 Å². The Morgan fingerprint density at radius 3 is 2.43 bits per heavy atom. The number of primary sulfonamides is 1. The summed E-state index contributed by atoms with van der Waals surface area (Å²) >= 11 is 11.6. The molecule has 0 amide bonds. The van der Waals surface area contributed by atoms with E-state index < -0.39 is 10.0 Å². The lowest BCUT2D eigenvalue weighted by Gasteiger charge is -2.08. The van der Waals surface area contributed by atoms with Crippen LogP contribution in [-0.2, 0) is 16.4 Å². The summed E-state index contributed by atoms with van der Waals surface area (Å²) in [4.78, 5) is 0.0902. The van der Waals surface area contributed by atoms with Gasteiger partial charge in [0.1, 0.15) is 0 Å². The van der Waals surface area contributed by atoms with Crippen LogP contribution in [-0.4, -0.2) is 25.2 Å². The zero-order chi connectivity index (χ0) is 15.5. The van der Waals surface area contributed by atoms with Gasteiger partial charge in [-0.3, -0.25) is 0 Å². The van der Waals surface area contributed by atoms with E-state index in [1.165, 1.54) is 12.1 Å². The molecule has 0 saturated carbocycles. The highest BCUT2D eigenvalue weighted by Crippen LogP contribution is 2.20. The van der Waals surface area contributed by atoms with E-state index in [1.54, 1.807) is 18.2 Å². The molecule has 2 aromatic rings. The molecule has 2 rings (SSSR count). The highest BCUT2D eigenvalue weighted by molar-refractivity contribution is 7.89. The van der Waals surface area contributed by atoms with Crippen LogP contribution in [0.15, 0.2) is 35.2 Å². The summed E-state index contributed by atoms with van der Waals surface area (Å²) in [6, 6.07) is 7.95. The maximum absolute atomic E-state index is 11.1. The van der Waals surface area contributed by atoms with E-state index in [2.05, 4.69) is 15.5 Å². The fourth-order valence-electron chi connectivity index (χ4n) is 1.66. The molecule has 3 N–H and O–H groups in total. The van der Waals surface area contributed by atoms with Crippen LogP contribution in [0.3, 0.4) is 0 Å². The van der Waals surface area contributed by atoms with Crippen molar-refractivity contribution >= 4 is 38.9 Å². The minimum Gasteiger partial charge on any atom is -0.382 e. The molecule has 0 radical (unpaired) electrons. The third-order valence-corrected chi connectivity index (χ3v) is 4.09. The van der Waals surface area contributed by atoms with Crippen molar-refractivity contribution in [1.29, 1.82) is 0 Å². The summed E-state index contributed by atoms with van der Waals surface area (Å²) in [6.45, 7) is 0.580. The van der Waals surface area contributed by atoms with Gasteiger partial charge in [-0.25, -0.2) is 13.6 Å². The Morgan fingerprint density at radius 2 is 1.81 bits per heavy atom. The quantitative estimate of drug-likeness (QED) is 0.863. The number of benzene rings is 1. The number of nitrogens with two attached hydrogens (primary N) is 1. The Kier molecular flexibility index (Phi) is 5.00. The standard InChI is InChI=1S/C12H12Cl2N4O2S/c13-11-7-10(12(14)18-17-11)16-6-5-8-1-3-9(4-2-8)21(15,19)20/h1-4,7H,5-6H2,(H,16,17)(H2,15,19,20). The van der Waals surface area contributed by atoms with Crippen molar-refractivity contribution in [2.75, 3.05) is 11.9 Å². The van der Waals surface area contributed by atoms with Gasteiger partial charge in [0.25, 0.3) is 0 Å². The number of nitrogens with one attached hydrogen (secondary N) is 1. The normalized spacial score (nSPS) is 11.4. The Hall–Kier alpha value is -1.41. The topological polar surface area (TPSA) is 98.0 Å². The van der Waals surface area contributed by atoms with E-state index in [0.29, 0.717) is 18.7 Å². The molecule has 9 heteroatoms. The molecule has 21 heavy (non-hydrogen) atoms. The van der Waals surface area contributed by atoms with Gasteiger partial charge in [0.2, 0.25) is 10.0 Å². The van der Waals surface area contributed by atoms with Gasteiger partial charge in [-0.05, 0) is 24.1 Å². The van der Waals surface area contributed by atoms with Gasteiger partial charge in [-0.1, -0.05) is 35.3 Å².